The minimum absolute atomic E-state index is 0.130. The first-order valence-corrected chi connectivity index (χ1v) is 8.72. The minimum Gasteiger partial charge on any atom is -0.384 e. The second-order valence-corrected chi connectivity index (χ2v) is 6.76. The second-order valence-electron chi connectivity index (χ2n) is 5.35. The van der Waals surface area contributed by atoms with Crippen molar-refractivity contribution in [2.75, 3.05) is 11.1 Å². The van der Waals surface area contributed by atoms with Crippen LogP contribution in [0.4, 0.5) is 27.5 Å². The molecule has 10 heteroatoms. The van der Waals surface area contributed by atoms with Crippen LogP contribution in [-0.4, -0.2) is 19.9 Å². The van der Waals surface area contributed by atoms with Crippen LogP contribution in [0, 0.1) is 12.4 Å². The van der Waals surface area contributed by atoms with Crippen molar-refractivity contribution in [1.29, 1.82) is 0 Å². The predicted octanol–water partition coefficient (Wildman–Crippen LogP) is 4.82. The molecule has 4 rings (SSSR count). The molecule has 1 aromatic carbocycles. The number of fused-ring (bicyclic) bond motifs is 1. The van der Waals surface area contributed by atoms with Crippen molar-refractivity contribution in [2.24, 2.45) is 0 Å². The van der Waals surface area contributed by atoms with Gasteiger partial charge in [0, 0.05) is 16.7 Å². The molecule has 0 atom stereocenters. The normalized spacial score (nSPS) is 10.7. The van der Waals surface area contributed by atoms with Crippen molar-refractivity contribution < 1.29 is 4.39 Å². The lowest BCUT2D eigenvalue weighted by molar-refractivity contribution is 0.632. The van der Waals surface area contributed by atoms with E-state index in [0.717, 1.165) is 6.20 Å². The lowest BCUT2D eigenvalue weighted by Crippen LogP contribution is -1.99. The topological polar surface area (TPSA) is 94.0 Å². The maximum absolute atomic E-state index is 14.3. The van der Waals surface area contributed by atoms with Gasteiger partial charge in [-0.2, -0.15) is 0 Å². The molecule has 27 heavy (non-hydrogen) atoms. The third kappa shape index (κ3) is 3.12. The average molecular weight is 398 g/mol. The summed E-state index contributed by atoms with van der Waals surface area (Å²) < 4.78 is 14.8. The summed E-state index contributed by atoms with van der Waals surface area (Å²) in [4.78, 5) is 19.8. The van der Waals surface area contributed by atoms with E-state index in [1.54, 1.807) is 18.2 Å². The molecule has 4 aromatic rings. The van der Waals surface area contributed by atoms with E-state index >= 15 is 0 Å². The number of thiazole rings is 1. The summed E-state index contributed by atoms with van der Waals surface area (Å²) >= 11 is 7.44. The second kappa shape index (κ2) is 6.75. The van der Waals surface area contributed by atoms with E-state index in [1.807, 2.05) is 0 Å². The lowest BCUT2D eigenvalue weighted by Gasteiger charge is -2.05. The maximum Gasteiger partial charge on any atom is 0.198 e. The Kier molecular flexibility index (Phi) is 4.27. The molecule has 0 unspecified atom stereocenters. The van der Waals surface area contributed by atoms with E-state index in [4.69, 9.17) is 23.9 Å². The number of pyridine rings is 1. The van der Waals surface area contributed by atoms with Gasteiger partial charge in [-0.25, -0.2) is 29.2 Å². The van der Waals surface area contributed by atoms with E-state index in [1.165, 1.54) is 23.7 Å². The molecule has 3 heterocycles. The Morgan fingerprint density at radius 1 is 1.26 bits per heavy atom. The summed E-state index contributed by atoms with van der Waals surface area (Å²) in [5.41, 5.74) is 6.59. The molecular formula is C17H9ClFN7S. The number of nitrogens with one attached hydrogen (secondary N) is 1. The molecule has 7 nitrogen and oxygen atoms in total. The number of rotatable bonds is 3. The van der Waals surface area contributed by atoms with E-state index in [0.29, 0.717) is 37.6 Å². The van der Waals surface area contributed by atoms with Crippen molar-refractivity contribution in [1.82, 2.24) is 19.9 Å². The van der Waals surface area contributed by atoms with Crippen LogP contribution in [0.5, 0.6) is 0 Å². The van der Waals surface area contributed by atoms with E-state index < -0.39 is 5.82 Å². The van der Waals surface area contributed by atoms with Gasteiger partial charge in [0.1, 0.15) is 33.2 Å². The fraction of sp³-hybridized carbons (Fsp3) is 0. The molecule has 3 N–H and O–H groups in total. The molecule has 0 fully saturated rings. The van der Waals surface area contributed by atoms with Crippen LogP contribution in [0.3, 0.4) is 0 Å². The number of hydrogen-bond acceptors (Lipinski definition) is 7. The van der Waals surface area contributed by atoms with E-state index in [-0.39, 0.29) is 11.3 Å². The zero-order valence-corrected chi connectivity index (χ0v) is 15.0. The van der Waals surface area contributed by atoms with Crippen molar-refractivity contribution in [2.45, 2.75) is 0 Å². The first kappa shape index (κ1) is 17.1. The third-order valence-electron chi connectivity index (χ3n) is 3.64. The molecule has 0 aliphatic rings. The highest BCUT2D eigenvalue weighted by Gasteiger charge is 2.19. The van der Waals surface area contributed by atoms with Gasteiger partial charge in [0.2, 0.25) is 0 Å². The molecule has 0 saturated carbocycles. The van der Waals surface area contributed by atoms with Gasteiger partial charge in [-0.1, -0.05) is 23.7 Å². The summed E-state index contributed by atoms with van der Waals surface area (Å²) in [7, 11) is 0. The van der Waals surface area contributed by atoms with Gasteiger partial charge < -0.3 is 11.1 Å². The number of anilines is 3. The Labute approximate surface area is 161 Å². The van der Waals surface area contributed by atoms with Crippen LogP contribution < -0.4 is 11.1 Å². The van der Waals surface area contributed by atoms with Crippen molar-refractivity contribution in [3.63, 3.8) is 0 Å². The largest absolute Gasteiger partial charge is 0.384 e. The zero-order valence-electron chi connectivity index (χ0n) is 13.4. The Hall–Kier alpha value is -3.35. The number of nitrogen functional groups attached to an aromatic ring is 1. The molecule has 0 aliphatic carbocycles. The molecule has 0 spiro atoms. The summed E-state index contributed by atoms with van der Waals surface area (Å²) in [6.07, 6.45) is 2.38. The molecule has 0 bridgehead atoms. The highest BCUT2D eigenvalue weighted by atomic mass is 35.5. The predicted molar refractivity (Wildman–Crippen MR) is 104 cm³/mol. The number of benzene rings is 1. The van der Waals surface area contributed by atoms with Crippen LogP contribution in [0.2, 0.25) is 5.02 Å². The number of halogens is 2. The van der Waals surface area contributed by atoms with Gasteiger partial charge in [0.05, 0.1) is 12.8 Å². The smallest absolute Gasteiger partial charge is 0.198 e. The molecule has 132 valence electrons. The van der Waals surface area contributed by atoms with Crippen LogP contribution >= 0.6 is 22.9 Å². The number of aromatic nitrogens is 4. The summed E-state index contributed by atoms with van der Waals surface area (Å²) in [5.74, 6) is 0.493. The molecule has 3 aromatic heterocycles. The minimum atomic E-state index is -0.573. The molecule has 0 saturated heterocycles. The van der Waals surface area contributed by atoms with Crippen molar-refractivity contribution in [3.8, 4) is 10.6 Å². The molecule has 0 amide bonds. The number of nitrogens with two attached hydrogens (primary N) is 1. The van der Waals surface area contributed by atoms with Gasteiger partial charge in [0.25, 0.3) is 0 Å². The van der Waals surface area contributed by atoms with Crippen molar-refractivity contribution in [3.05, 3.63) is 59.0 Å². The van der Waals surface area contributed by atoms with Gasteiger partial charge in [-0.15, -0.1) is 11.3 Å². The Morgan fingerprint density at radius 2 is 2.11 bits per heavy atom. The quantitative estimate of drug-likeness (QED) is 0.481. The first-order valence-electron chi connectivity index (χ1n) is 7.52. The Morgan fingerprint density at radius 3 is 2.89 bits per heavy atom. The van der Waals surface area contributed by atoms with E-state index in [2.05, 4.69) is 30.1 Å². The monoisotopic (exact) mass is 397 g/mol. The summed E-state index contributed by atoms with van der Waals surface area (Å²) in [6, 6.07) is 6.51. The maximum atomic E-state index is 14.3. The Balaban J connectivity index is 1.88. The molecular weight excluding hydrogens is 389 g/mol. The van der Waals surface area contributed by atoms with Crippen LogP contribution in [0.1, 0.15) is 0 Å². The number of hydrogen-bond donors (Lipinski definition) is 2. The first-order chi connectivity index (χ1) is 13.1. The molecule has 0 radical (unpaired) electrons. The van der Waals surface area contributed by atoms with E-state index in [9.17, 15) is 4.39 Å². The fourth-order valence-electron chi connectivity index (χ4n) is 2.46. The van der Waals surface area contributed by atoms with Gasteiger partial charge in [-0.3, -0.25) is 0 Å². The zero-order chi connectivity index (χ0) is 19.0. The standard InChI is InChI=1S/C17H9ClFN7S/c1-21-10-4-2-3-8(18)13(10)17-26-14-9(19)6-22-16(15(14)27-17)25-12-5-11(20)23-7-24-12/h2-7H,(H3,20,22,23,24,25). The average Bonchev–Trinajstić information content (AvgIpc) is 3.10. The highest BCUT2D eigenvalue weighted by molar-refractivity contribution is 7.22. The number of nitrogens with zero attached hydrogens (tertiary/aromatic N) is 5. The third-order valence-corrected chi connectivity index (χ3v) is 5.03. The summed E-state index contributed by atoms with van der Waals surface area (Å²) in [5, 5.41) is 3.79. The Bertz CT molecular complexity index is 1220. The fourth-order valence-corrected chi connectivity index (χ4v) is 3.86. The van der Waals surface area contributed by atoms with Crippen LogP contribution in [0.15, 0.2) is 36.8 Å². The molecule has 0 aliphatic heterocycles. The van der Waals surface area contributed by atoms with Crippen LogP contribution in [-0.2, 0) is 0 Å². The van der Waals surface area contributed by atoms with Crippen molar-refractivity contribution >= 4 is 56.3 Å². The SMILES string of the molecule is [C-]#[N+]c1cccc(Cl)c1-c1nc2c(F)cnc(Nc3cc(N)ncn3)c2s1. The van der Waals surface area contributed by atoms with Gasteiger partial charge in [-0.05, 0) is 6.07 Å². The highest BCUT2D eigenvalue weighted by Crippen LogP contribution is 2.42. The van der Waals surface area contributed by atoms with Crippen LogP contribution in [0.25, 0.3) is 25.6 Å². The van der Waals surface area contributed by atoms with Gasteiger partial charge in [0.15, 0.2) is 17.3 Å². The lowest BCUT2D eigenvalue weighted by atomic mass is 10.2. The summed E-state index contributed by atoms with van der Waals surface area (Å²) in [6.45, 7) is 7.34. The van der Waals surface area contributed by atoms with Gasteiger partial charge >= 0.3 is 0 Å².